The van der Waals surface area contributed by atoms with Crippen LogP contribution >= 0.6 is 0 Å². The molecule has 1 aromatic heterocycles. The first-order chi connectivity index (χ1) is 10.2. The van der Waals surface area contributed by atoms with Gasteiger partial charge in [0, 0.05) is 18.0 Å². The average Bonchev–Trinajstić information content (AvgIpc) is 2.51. The Bertz CT molecular complexity index is 607. The Kier molecular flexibility index (Phi) is 5.73. The fourth-order valence-corrected chi connectivity index (χ4v) is 2.56. The fraction of sp³-hybridized carbons (Fsp3) is 0.444. The van der Waals surface area contributed by atoms with Crippen LogP contribution in [0.15, 0.2) is 30.5 Å². The highest BCUT2D eigenvalue weighted by Crippen LogP contribution is 2.28. The molecule has 0 aliphatic rings. The van der Waals surface area contributed by atoms with Gasteiger partial charge in [-0.3, -0.25) is 9.78 Å². The number of aromatic hydroxyl groups is 1. The van der Waals surface area contributed by atoms with E-state index in [2.05, 4.69) is 11.9 Å². The zero-order chi connectivity index (χ0) is 15.1. The van der Waals surface area contributed by atoms with Gasteiger partial charge in [-0.1, -0.05) is 51.2 Å². The largest absolute Gasteiger partial charge is 0.505 e. The molecule has 0 aliphatic carbocycles. The summed E-state index contributed by atoms with van der Waals surface area (Å²) in [6, 6.07) is 7.25. The van der Waals surface area contributed by atoms with E-state index in [1.807, 2.05) is 18.2 Å². The van der Waals surface area contributed by atoms with E-state index >= 15 is 0 Å². The standard InChI is InChI=1S/C18H23NO2/c1-2-3-4-5-6-7-10-16(20)15-12-11-14-9-8-13-19-17(14)18(15)21/h8-9,11-13,21H,2-7,10H2,1H3. The number of Topliss-reactive ketones (excluding diaryl/α,β-unsaturated/α-hetero) is 1. The Labute approximate surface area is 126 Å². The Morgan fingerprint density at radius 1 is 1.10 bits per heavy atom. The lowest BCUT2D eigenvalue weighted by molar-refractivity contribution is 0.0976. The molecule has 21 heavy (non-hydrogen) atoms. The molecule has 0 atom stereocenters. The molecule has 0 saturated carbocycles. The third-order valence-corrected chi connectivity index (χ3v) is 3.81. The van der Waals surface area contributed by atoms with Gasteiger partial charge in [-0.15, -0.1) is 0 Å². The number of phenols is 1. The minimum absolute atomic E-state index is 0.00976. The lowest BCUT2D eigenvalue weighted by Crippen LogP contribution is -2.00. The molecule has 1 aromatic carbocycles. The van der Waals surface area contributed by atoms with Crippen LogP contribution in [0.25, 0.3) is 10.9 Å². The SMILES string of the molecule is CCCCCCCCC(=O)c1ccc2cccnc2c1O. The van der Waals surface area contributed by atoms with Crippen LogP contribution in [0, 0.1) is 0 Å². The van der Waals surface area contributed by atoms with E-state index in [0.717, 1.165) is 18.2 Å². The van der Waals surface area contributed by atoms with Gasteiger partial charge in [-0.2, -0.15) is 0 Å². The third-order valence-electron chi connectivity index (χ3n) is 3.81. The van der Waals surface area contributed by atoms with Crippen molar-refractivity contribution in [3.8, 4) is 5.75 Å². The number of unbranched alkanes of at least 4 members (excludes halogenated alkanes) is 5. The van der Waals surface area contributed by atoms with Crippen LogP contribution < -0.4 is 0 Å². The van der Waals surface area contributed by atoms with Crippen LogP contribution in [-0.4, -0.2) is 15.9 Å². The van der Waals surface area contributed by atoms with Crippen molar-refractivity contribution in [1.82, 2.24) is 4.98 Å². The minimum Gasteiger partial charge on any atom is -0.505 e. The van der Waals surface area contributed by atoms with Gasteiger partial charge in [0.2, 0.25) is 0 Å². The molecule has 0 spiro atoms. The number of fused-ring (bicyclic) bond motifs is 1. The van der Waals surface area contributed by atoms with Crippen LogP contribution in [0.4, 0.5) is 0 Å². The molecule has 0 aliphatic heterocycles. The summed E-state index contributed by atoms with van der Waals surface area (Å²) < 4.78 is 0. The molecule has 3 heteroatoms. The number of benzene rings is 1. The molecule has 0 bridgehead atoms. The summed E-state index contributed by atoms with van der Waals surface area (Å²) in [6.07, 6.45) is 9.03. The molecule has 1 heterocycles. The first-order valence-electron chi connectivity index (χ1n) is 7.84. The number of carbonyl (C=O) groups excluding carboxylic acids is 1. The summed E-state index contributed by atoms with van der Waals surface area (Å²) in [5.74, 6) is 0.0274. The van der Waals surface area contributed by atoms with Gasteiger partial charge in [0.25, 0.3) is 0 Å². The fourth-order valence-electron chi connectivity index (χ4n) is 2.56. The van der Waals surface area contributed by atoms with E-state index in [1.165, 1.54) is 25.7 Å². The number of hydrogen-bond acceptors (Lipinski definition) is 3. The lowest BCUT2D eigenvalue weighted by atomic mass is 10.0. The van der Waals surface area contributed by atoms with E-state index in [0.29, 0.717) is 17.5 Å². The molecule has 0 fully saturated rings. The normalized spacial score (nSPS) is 10.9. The molecule has 0 saturated heterocycles. The average molecular weight is 285 g/mol. The van der Waals surface area contributed by atoms with Gasteiger partial charge in [-0.25, -0.2) is 0 Å². The first kappa shape index (κ1) is 15.5. The number of aromatic nitrogens is 1. The summed E-state index contributed by atoms with van der Waals surface area (Å²) in [4.78, 5) is 16.4. The topological polar surface area (TPSA) is 50.2 Å². The molecule has 0 radical (unpaired) electrons. The Balaban J connectivity index is 1.95. The monoisotopic (exact) mass is 285 g/mol. The molecule has 0 unspecified atom stereocenters. The molecule has 1 N–H and O–H groups in total. The Hall–Kier alpha value is -1.90. The number of ketones is 1. The molecule has 3 nitrogen and oxygen atoms in total. The molecule has 0 amide bonds. The number of phenolic OH excluding ortho intramolecular Hbond substituents is 1. The second kappa shape index (κ2) is 7.77. The molecular formula is C18H23NO2. The summed E-state index contributed by atoms with van der Waals surface area (Å²) in [5.41, 5.74) is 0.904. The van der Waals surface area contributed by atoms with Crippen molar-refractivity contribution in [2.24, 2.45) is 0 Å². The van der Waals surface area contributed by atoms with E-state index in [4.69, 9.17) is 0 Å². The van der Waals surface area contributed by atoms with Crippen LogP contribution in [-0.2, 0) is 0 Å². The Morgan fingerprint density at radius 2 is 1.86 bits per heavy atom. The summed E-state index contributed by atoms with van der Waals surface area (Å²) in [7, 11) is 0. The van der Waals surface area contributed by atoms with Crippen molar-refractivity contribution < 1.29 is 9.90 Å². The Morgan fingerprint density at radius 3 is 2.67 bits per heavy atom. The number of rotatable bonds is 8. The molecule has 2 aromatic rings. The highest BCUT2D eigenvalue weighted by atomic mass is 16.3. The number of carbonyl (C=O) groups is 1. The highest BCUT2D eigenvalue weighted by molar-refractivity contribution is 6.03. The van der Waals surface area contributed by atoms with E-state index in [9.17, 15) is 9.90 Å². The van der Waals surface area contributed by atoms with Crippen molar-refractivity contribution in [2.45, 2.75) is 51.9 Å². The van der Waals surface area contributed by atoms with Crippen molar-refractivity contribution >= 4 is 16.7 Å². The second-order valence-corrected chi connectivity index (χ2v) is 5.48. The predicted octanol–water partition coefficient (Wildman–Crippen LogP) is 4.87. The van der Waals surface area contributed by atoms with Gasteiger partial charge in [0.05, 0.1) is 5.56 Å². The highest BCUT2D eigenvalue weighted by Gasteiger charge is 2.13. The third kappa shape index (κ3) is 4.03. The van der Waals surface area contributed by atoms with Gasteiger partial charge < -0.3 is 5.11 Å². The van der Waals surface area contributed by atoms with Gasteiger partial charge in [0.1, 0.15) is 5.52 Å². The maximum absolute atomic E-state index is 12.2. The van der Waals surface area contributed by atoms with Crippen molar-refractivity contribution in [3.05, 3.63) is 36.0 Å². The number of hydrogen-bond donors (Lipinski definition) is 1. The van der Waals surface area contributed by atoms with E-state index in [1.54, 1.807) is 12.3 Å². The predicted molar refractivity (Wildman–Crippen MR) is 85.7 cm³/mol. The minimum atomic E-state index is 0.00976. The van der Waals surface area contributed by atoms with Gasteiger partial charge in [0.15, 0.2) is 11.5 Å². The van der Waals surface area contributed by atoms with E-state index in [-0.39, 0.29) is 11.5 Å². The van der Waals surface area contributed by atoms with Gasteiger partial charge >= 0.3 is 0 Å². The van der Waals surface area contributed by atoms with Crippen LogP contribution in [0.5, 0.6) is 5.75 Å². The maximum Gasteiger partial charge on any atom is 0.166 e. The summed E-state index contributed by atoms with van der Waals surface area (Å²) in [5, 5.41) is 11.1. The van der Waals surface area contributed by atoms with Crippen LogP contribution in [0.3, 0.4) is 0 Å². The zero-order valence-electron chi connectivity index (χ0n) is 12.6. The molecular weight excluding hydrogens is 262 g/mol. The van der Waals surface area contributed by atoms with Crippen LogP contribution in [0.2, 0.25) is 0 Å². The number of pyridine rings is 1. The zero-order valence-corrected chi connectivity index (χ0v) is 12.6. The van der Waals surface area contributed by atoms with Crippen LogP contribution in [0.1, 0.15) is 62.2 Å². The van der Waals surface area contributed by atoms with Gasteiger partial charge in [-0.05, 0) is 18.6 Å². The lowest BCUT2D eigenvalue weighted by Gasteiger charge is -2.06. The summed E-state index contributed by atoms with van der Waals surface area (Å²) >= 11 is 0. The smallest absolute Gasteiger partial charge is 0.166 e. The molecule has 2 rings (SSSR count). The number of nitrogens with zero attached hydrogens (tertiary/aromatic N) is 1. The van der Waals surface area contributed by atoms with Crippen molar-refractivity contribution in [2.75, 3.05) is 0 Å². The molecule has 112 valence electrons. The maximum atomic E-state index is 12.2. The quantitative estimate of drug-likeness (QED) is 0.556. The second-order valence-electron chi connectivity index (χ2n) is 5.48. The summed E-state index contributed by atoms with van der Waals surface area (Å²) in [6.45, 7) is 2.19. The van der Waals surface area contributed by atoms with Crippen molar-refractivity contribution in [1.29, 1.82) is 0 Å². The van der Waals surface area contributed by atoms with Crippen molar-refractivity contribution in [3.63, 3.8) is 0 Å². The first-order valence-corrected chi connectivity index (χ1v) is 7.84. The van der Waals surface area contributed by atoms with E-state index < -0.39 is 0 Å².